The van der Waals surface area contributed by atoms with Crippen LogP contribution in [-0.4, -0.2) is 41.1 Å². The van der Waals surface area contributed by atoms with Gasteiger partial charge in [-0.3, -0.25) is 9.52 Å². The summed E-state index contributed by atoms with van der Waals surface area (Å²) in [6.07, 6.45) is 0. The summed E-state index contributed by atoms with van der Waals surface area (Å²) in [5, 5.41) is 2.61. The number of anilines is 2. The van der Waals surface area contributed by atoms with Crippen LogP contribution in [0.1, 0.15) is 10.4 Å². The molecule has 0 saturated heterocycles. The minimum absolute atomic E-state index is 0.0433. The van der Waals surface area contributed by atoms with Crippen LogP contribution in [0, 0.1) is 11.6 Å². The van der Waals surface area contributed by atoms with Crippen LogP contribution >= 0.6 is 0 Å². The Morgan fingerprint density at radius 1 is 0.758 bits per heavy atom. The smallest absolute Gasteiger partial charge is 0.261 e. The number of carbonyl (C=O) groups is 1. The molecule has 0 aliphatic carbocycles. The highest BCUT2D eigenvalue weighted by Gasteiger charge is 2.18. The minimum Gasteiger partial charge on any atom is -0.322 e. The van der Waals surface area contributed by atoms with Gasteiger partial charge in [-0.15, -0.1) is 0 Å². The Bertz CT molecular complexity index is 1390. The van der Waals surface area contributed by atoms with Crippen molar-refractivity contribution in [2.45, 2.75) is 9.79 Å². The second kappa shape index (κ2) is 9.25. The number of nitrogens with one attached hydrogen (secondary N) is 2. The molecule has 0 saturated carbocycles. The maximum atomic E-state index is 13.3. The summed E-state index contributed by atoms with van der Waals surface area (Å²) in [4.78, 5) is 12.0. The first-order valence-corrected chi connectivity index (χ1v) is 12.2. The second-order valence-corrected chi connectivity index (χ2v) is 10.9. The number of sulfonamides is 2. The van der Waals surface area contributed by atoms with E-state index in [9.17, 15) is 30.4 Å². The van der Waals surface area contributed by atoms with Crippen molar-refractivity contribution in [2.24, 2.45) is 0 Å². The average molecular weight is 496 g/mol. The molecule has 0 radical (unpaired) electrons. The first kappa shape index (κ1) is 24.3. The standard InChI is InChI=1S/C21H19F2N3O5S2/c1-26(2)33(30,31)17-9-3-14(4-10-17)21(27)24-15-5-7-16(8-6-15)25-32(28,29)18-11-12-19(22)20(23)13-18/h3-13,25H,1-2H3,(H,24,27). The van der Waals surface area contributed by atoms with Crippen molar-refractivity contribution in [1.82, 2.24) is 4.31 Å². The molecule has 2 N–H and O–H groups in total. The van der Waals surface area contributed by atoms with Crippen molar-refractivity contribution in [3.8, 4) is 0 Å². The first-order valence-electron chi connectivity index (χ1n) is 9.32. The number of hydrogen-bond acceptors (Lipinski definition) is 5. The molecule has 174 valence electrons. The van der Waals surface area contributed by atoms with Gasteiger partial charge in [0.1, 0.15) is 0 Å². The highest BCUT2D eigenvalue weighted by atomic mass is 32.2. The van der Waals surface area contributed by atoms with E-state index in [0.29, 0.717) is 17.8 Å². The van der Waals surface area contributed by atoms with Crippen LogP contribution in [0.15, 0.2) is 76.5 Å². The molecule has 0 aromatic heterocycles. The van der Waals surface area contributed by atoms with Gasteiger partial charge in [0.15, 0.2) is 11.6 Å². The molecule has 0 heterocycles. The minimum atomic E-state index is -4.15. The van der Waals surface area contributed by atoms with Crippen molar-refractivity contribution in [2.75, 3.05) is 24.1 Å². The van der Waals surface area contributed by atoms with E-state index in [4.69, 9.17) is 0 Å². The fourth-order valence-electron chi connectivity index (χ4n) is 2.67. The van der Waals surface area contributed by atoms with E-state index in [2.05, 4.69) is 10.0 Å². The van der Waals surface area contributed by atoms with Crippen LogP contribution < -0.4 is 10.0 Å². The predicted molar refractivity (Wildman–Crippen MR) is 119 cm³/mol. The van der Waals surface area contributed by atoms with Gasteiger partial charge in [-0.1, -0.05) is 0 Å². The molecule has 0 fully saturated rings. The van der Waals surface area contributed by atoms with E-state index < -0.39 is 42.5 Å². The van der Waals surface area contributed by atoms with E-state index in [1.54, 1.807) is 0 Å². The Morgan fingerprint density at radius 2 is 1.30 bits per heavy atom. The SMILES string of the molecule is CN(C)S(=O)(=O)c1ccc(C(=O)Nc2ccc(NS(=O)(=O)c3ccc(F)c(F)c3)cc2)cc1. The van der Waals surface area contributed by atoms with Crippen molar-refractivity contribution in [3.63, 3.8) is 0 Å². The van der Waals surface area contributed by atoms with Gasteiger partial charge in [-0.25, -0.2) is 29.9 Å². The molecule has 0 aliphatic heterocycles. The molecular weight excluding hydrogens is 476 g/mol. The Labute approximate surface area is 190 Å². The molecule has 3 rings (SSSR count). The van der Waals surface area contributed by atoms with Crippen LogP contribution in [0.5, 0.6) is 0 Å². The Kier molecular flexibility index (Phi) is 6.81. The molecule has 3 aromatic rings. The number of carbonyl (C=O) groups excluding carboxylic acids is 1. The van der Waals surface area contributed by atoms with E-state index in [1.807, 2.05) is 0 Å². The zero-order valence-corrected chi connectivity index (χ0v) is 19.0. The maximum absolute atomic E-state index is 13.3. The number of hydrogen-bond donors (Lipinski definition) is 2. The summed E-state index contributed by atoms with van der Waals surface area (Å²) in [5.41, 5.74) is 0.701. The number of amides is 1. The largest absolute Gasteiger partial charge is 0.322 e. The van der Waals surface area contributed by atoms with Crippen LogP contribution in [0.25, 0.3) is 0 Å². The third-order valence-electron chi connectivity index (χ3n) is 4.49. The van der Waals surface area contributed by atoms with E-state index in [-0.39, 0.29) is 16.1 Å². The van der Waals surface area contributed by atoms with Gasteiger partial charge in [-0.05, 0) is 66.7 Å². The summed E-state index contributed by atoms with van der Waals surface area (Å²) in [7, 11) is -4.97. The van der Waals surface area contributed by atoms with Crippen molar-refractivity contribution >= 4 is 37.3 Å². The highest BCUT2D eigenvalue weighted by Crippen LogP contribution is 2.21. The van der Waals surface area contributed by atoms with E-state index in [1.165, 1.54) is 62.6 Å². The first-order chi connectivity index (χ1) is 15.4. The van der Waals surface area contributed by atoms with E-state index in [0.717, 1.165) is 10.4 Å². The Hall–Kier alpha value is -3.35. The van der Waals surface area contributed by atoms with Gasteiger partial charge in [0.25, 0.3) is 15.9 Å². The quantitative estimate of drug-likeness (QED) is 0.523. The van der Waals surface area contributed by atoms with Crippen LogP contribution in [0.3, 0.4) is 0 Å². The van der Waals surface area contributed by atoms with Gasteiger partial charge in [-0.2, -0.15) is 0 Å². The van der Waals surface area contributed by atoms with E-state index >= 15 is 0 Å². The molecule has 8 nitrogen and oxygen atoms in total. The van der Waals surface area contributed by atoms with Gasteiger partial charge < -0.3 is 5.32 Å². The summed E-state index contributed by atoms with van der Waals surface area (Å²) in [5.74, 6) is -2.95. The maximum Gasteiger partial charge on any atom is 0.261 e. The normalized spacial score (nSPS) is 11.9. The Morgan fingerprint density at radius 3 is 1.85 bits per heavy atom. The number of benzene rings is 3. The van der Waals surface area contributed by atoms with Crippen LogP contribution in [0.4, 0.5) is 20.2 Å². The zero-order chi connectivity index (χ0) is 24.4. The fraction of sp³-hybridized carbons (Fsp3) is 0.0952. The van der Waals surface area contributed by atoms with Crippen LogP contribution in [-0.2, 0) is 20.0 Å². The van der Waals surface area contributed by atoms with Gasteiger partial charge >= 0.3 is 0 Å². The monoisotopic (exact) mass is 495 g/mol. The molecule has 0 spiro atoms. The number of halogens is 2. The topological polar surface area (TPSA) is 113 Å². The molecule has 12 heteroatoms. The second-order valence-electron chi connectivity index (χ2n) is 7.02. The van der Waals surface area contributed by atoms with Gasteiger partial charge in [0.05, 0.1) is 9.79 Å². The predicted octanol–water partition coefficient (Wildman–Crippen LogP) is 3.27. The number of nitrogens with zero attached hydrogens (tertiary/aromatic N) is 1. The summed E-state index contributed by atoms with van der Waals surface area (Å²) < 4.78 is 78.5. The lowest BCUT2D eigenvalue weighted by Crippen LogP contribution is -2.22. The van der Waals surface area contributed by atoms with Gasteiger partial charge in [0, 0.05) is 31.0 Å². The lowest BCUT2D eigenvalue weighted by Gasteiger charge is -2.12. The Balaban J connectivity index is 1.69. The molecule has 33 heavy (non-hydrogen) atoms. The fourth-order valence-corrected chi connectivity index (χ4v) is 4.64. The van der Waals surface area contributed by atoms with Crippen molar-refractivity contribution in [1.29, 1.82) is 0 Å². The highest BCUT2D eigenvalue weighted by molar-refractivity contribution is 7.92. The molecule has 1 amide bonds. The van der Waals surface area contributed by atoms with Crippen LogP contribution in [0.2, 0.25) is 0 Å². The van der Waals surface area contributed by atoms with Crippen molar-refractivity contribution < 1.29 is 30.4 Å². The molecule has 0 atom stereocenters. The van der Waals surface area contributed by atoms with Gasteiger partial charge in [0.2, 0.25) is 10.0 Å². The zero-order valence-electron chi connectivity index (χ0n) is 17.4. The number of rotatable bonds is 7. The third-order valence-corrected chi connectivity index (χ3v) is 7.70. The lowest BCUT2D eigenvalue weighted by atomic mass is 10.2. The molecule has 0 aliphatic rings. The average Bonchev–Trinajstić information content (AvgIpc) is 2.76. The molecular formula is C21H19F2N3O5S2. The third kappa shape index (κ3) is 5.53. The van der Waals surface area contributed by atoms with Crippen molar-refractivity contribution in [3.05, 3.63) is 83.9 Å². The molecule has 0 bridgehead atoms. The molecule has 0 unspecified atom stereocenters. The lowest BCUT2D eigenvalue weighted by molar-refractivity contribution is 0.102. The summed E-state index contributed by atoms with van der Waals surface area (Å²) >= 11 is 0. The molecule has 3 aromatic carbocycles. The summed E-state index contributed by atoms with van der Waals surface area (Å²) in [6, 6.07) is 13.2. The summed E-state index contributed by atoms with van der Waals surface area (Å²) in [6.45, 7) is 0.